The zero-order valence-corrected chi connectivity index (χ0v) is 16.8. The number of nitrogens with zero attached hydrogens (tertiary/aromatic N) is 5. The number of benzene rings is 2. The molecule has 2 aromatic heterocycles. The zero-order chi connectivity index (χ0) is 20.8. The molecule has 0 fully saturated rings. The molecule has 0 spiro atoms. The van der Waals surface area contributed by atoms with Gasteiger partial charge in [0.1, 0.15) is 17.8 Å². The van der Waals surface area contributed by atoms with E-state index in [0.717, 1.165) is 16.8 Å². The van der Waals surface area contributed by atoms with Gasteiger partial charge in [-0.1, -0.05) is 30.3 Å². The summed E-state index contributed by atoms with van der Waals surface area (Å²) in [5, 5.41) is 3.87. The summed E-state index contributed by atoms with van der Waals surface area (Å²) in [7, 11) is 0. The number of fused-ring (bicyclic) bond motifs is 2. The van der Waals surface area contributed by atoms with Crippen LogP contribution in [0, 0.1) is 13.8 Å². The van der Waals surface area contributed by atoms with Gasteiger partial charge in [-0.05, 0) is 37.1 Å². The predicted molar refractivity (Wildman–Crippen MR) is 118 cm³/mol. The van der Waals surface area contributed by atoms with E-state index >= 15 is 0 Å². The molecular weight excluding hydrogens is 378 g/mol. The second kappa shape index (κ2) is 6.84. The summed E-state index contributed by atoms with van der Waals surface area (Å²) in [5.41, 5.74) is 10.0. The second-order valence-electron chi connectivity index (χ2n) is 7.41. The summed E-state index contributed by atoms with van der Waals surface area (Å²) in [6.45, 7) is 4.83. The molecule has 8 heteroatoms. The lowest BCUT2D eigenvalue weighted by Gasteiger charge is -2.21. The van der Waals surface area contributed by atoms with Crippen molar-refractivity contribution in [3.8, 4) is 5.69 Å². The minimum Gasteiger partial charge on any atom is -0.382 e. The van der Waals surface area contributed by atoms with Crippen LogP contribution < -0.4 is 21.5 Å². The molecule has 0 amide bonds. The summed E-state index contributed by atoms with van der Waals surface area (Å²) < 4.78 is 1.72. The molecule has 0 aliphatic carbocycles. The monoisotopic (exact) mass is 399 g/mol. The molecule has 3 N–H and O–H groups in total. The number of hydrogen-bond donors (Lipinski definition) is 2. The molecule has 5 rings (SSSR count). The quantitative estimate of drug-likeness (QED) is 0.546. The maximum Gasteiger partial charge on any atom is 0.266 e. The number of para-hydroxylation sites is 1. The third-order valence-corrected chi connectivity index (χ3v) is 5.47. The van der Waals surface area contributed by atoms with E-state index in [0.29, 0.717) is 47.3 Å². The maximum absolute atomic E-state index is 13.6. The molecule has 0 unspecified atom stereocenters. The highest BCUT2D eigenvalue weighted by molar-refractivity contribution is 5.82. The van der Waals surface area contributed by atoms with Gasteiger partial charge >= 0.3 is 0 Å². The van der Waals surface area contributed by atoms with Crippen molar-refractivity contribution in [2.75, 3.05) is 22.6 Å². The van der Waals surface area contributed by atoms with E-state index < -0.39 is 0 Å². The van der Waals surface area contributed by atoms with Crippen LogP contribution in [0.3, 0.4) is 0 Å². The molecule has 150 valence electrons. The molecule has 0 saturated carbocycles. The largest absolute Gasteiger partial charge is 0.382 e. The fourth-order valence-electron chi connectivity index (χ4n) is 3.96. The number of hydrogen-bond acceptors (Lipinski definition) is 7. The molecule has 0 radical (unpaired) electrons. The number of anilines is 3. The van der Waals surface area contributed by atoms with Crippen LogP contribution in [0.2, 0.25) is 0 Å². The van der Waals surface area contributed by atoms with Gasteiger partial charge in [0.2, 0.25) is 0 Å². The molecule has 0 saturated heterocycles. The Morgan fingerprint density at radius 1 is 1.07 bits per heavy atom. The Labute approximate surface area is 173 Å². The smallest absolute Gasteiger partial charge is 0.266 e. The van der Waals surface area contributed by atoms with Gasteiger partial charge < -0.3 is 16.0 Å². The average Bonchev–Trinajstić information content (AvgIpc) is 3.13. The van der Waals surface area contributed by atoms with Crippen molar-refractivity contribution >= 4 is 28.2 Å². The Balaban J connectivity index is 1.73. The molecule has 3 heterocycles. The number of aryl methyl sites for hydroxylation is 2. The normalized spacial score (nSPS) is 12.8. The summed E-state index contributed by atoms with van der Waals surface area (Å²) in [5.74, 6) is 1.75. The van der Waals surface area contributed by atoms with Gasteiger partial charge in [-0.2, -0.15) is 0 Å². The lowest BCUT2D eigenvalue weighted by Crippen LogP contribution is -2.31. The molecule has 4 aromatic rings. The molecule has 0 bridgehead atoms. The first kappa shape index (κ1) is 18.1. The van der Waals surface area contributed by atoms with Gasteiger partial charge in [-0.3, -0.25) is 9.36 Å². The summed E-state index contributed by atoms with van der Waals surface area (Å²) in [6.07, 6.45) is 1.44. The van der Waals surface area contributed by atoms with Crippen molar-refractivity contribution in [2.45, 2.75) is 20.4 Å². The number of rotatable bonds is 3. The van der Waals surface area contributed by atoms with Crippen molar-refractivity contribution in [1.82, 2.24) is 19.5 Å². The fourth-order valence-corrected chi connectivity index (χ4v) is 3.96. The van der Waals surface area contributed by atoms with Crippen LogP contribution in [-0.2, 0) is 6.54 Å². The van der Waals surface area contributed by atoms with Gasteiger partial charge in [0, 0.05) is 0 Å². The topological polar surface area (TPSA) is 102 Å². The highest BCUT2D eigenvalue weighted by atomic mass is 16.1. The third-order valence-electron chi connectivity index (χ3n) is 5.47. The van der Waals surface area contributed by atoms with Crippen LogP contribution in [0.5, 0.6) is 0 Å². The van der Waals surface area contributed by atoms with E-state index in [1.54, 1.807) is 4.57 Å². The van der Waals surface area contributed by atoms with Crippen LogP contribution in [-0.4, -0.2) is 26.2 Å². The lowest BCUT2D eigenvalue weighted by atomic mass is 10.1. The Kier molecular flexibility index (Phi) is 4.13. The average molecular weight is 399 g/mol. The van der Waals surface area contributed by atoms with E-state index in [1.807, 2.05) is 61.2 Å². The Hall–Kier alpha value is -3.94. The number of aromatic nitrogens is 4. The molecule has 1 aliphatic rings. The third kappa shape index (κ3) is 2.76. The van der Waals surface area contributed by atoms with Crippen molar-refractivity contribution in [3.05, 3.63) is 76.1 Å². The number of nitrogens with two attached hydrogens (primary N) is 1. The van der Waals surface area contributed by atoms with Crippen molar-refractivity contribution in [1.29, 1.82) is 0 Å². The highest BCUT2D eigenvalue weighted by Crippen LogP contribution is 2.33. The minimum atomic E-state index is -0.0722. The molecule has 1 aliphatic heterocycles. The van der Waals surface area contributed by atoms with Crippen LogP contribution >= 0.6 is 0 Å². The second-order valence-corrected chi connectivity index (χ2v) is 7.41. The van der Waals surface area contributed by atoms with Gasteiger partial charge in [0.15, 0.2) is 11.6 Å². The van der Waals surface area contributed by atoms with E-state index in [1.165, 1.54) is 6.33 Å². The van der Waals surface area contributed by atoms with E-state index in [-0.39, 0.29) is 5.56 Å². The highest BCUT2D eigenvalue weighted by Gasteiger charge is 2.25. The minimum absolute atomic E-state index is 0.0722. The van der Waals surface area contributed by atoms with E-state index in [9.17, 15) is 4.79 Å². The zero-order valence-electron chi connectivity index (χ0n) is 16.8. The summed E-state index contributed by atoms with van der Waals surface area (Å²) in [4.78, 5) is 29.0. The predicted octanol–water partition coefficient (Wildman–Crippen LogP) is 2.76. The van der Waals surface area contributed by atoms with Gasteiger partial charge in [-0.15, -0.1) is 0 Å². The first-order valence-electron chi connectivity index (χ1n) is 9.71. The summed E-state index contributed by atoms with van der Waals surface area (Å²) >= 11 is 0. The van der Waals surface area contributed by atoms with E-state index in [2.05, 4.69) is 15.3 Å². The van der Waals surface area contributed by atoms with Crippen molar-refractivity contribution in [3.63, 3.8) is 0 Å². The fraction of sp³-hybridized carbons (Fsp3) is 0.182. The summed E-state index contributed by atoms with van der Waals surface area (Å²) in [6, 6.07) is 13.6. The molecule has 2 aromatic carbocycles. The molecular formula is C22H21N7O. The van der Waals surface area contributed by atoms with Crippen LogP contribution in [0.1, 0.15) is 17.0 Å². The molecule has 30 heavy (non-hydrogen) atoms. The van der Waals surface area contributed by atoms with Gasteiger partial charge in [0.05, 0.1) is 29.8 Å². The van der Waals surface area contributed by atoms with Crippen LogP contribution in [0.25, 0.3) is 16.6 Å². The van der Waals surface area contributed by atoms with Gasteiger partial charge in [0.25, 0.3) is 5.56 Å². The van der Waals surface area contributed by atoms with Crippen molar-refractivity contribution < 1.29 is 0 Å². The van der Waals surface area contributed by atoms with Crippen LogP contribution in [0.15, 0.2) is 53.6 Å². The first-order chi connectivity index (χ1) is 14.5. The number of nitrogens with one attached hydrogen (secondary N) is 1. The SMILES string of the molecule is Cc1ccccc1-n1c(CN2CNc3c(N)ncnc32)nc2cccc(C)c2c1=O. The maximum atomic E-state index is 13.6. The Morgan fingerprint density at radius 2 is 1.87 bits per heavy atom. The van der Waals surface area contributed by atoms with Crippen molar-refractivity contribution in [2.24, 2.45) is 0 Å². The Morgan fingerprint density at radius 3 is 2.70 bits per heavy atom. The van der Waals surface area contributed by atoms with Crippen LogP contribution in [0.4, 0.5) is 17.3 Å². The number of nitrogen functional groups attached to an aromatic ring is 1. The standard InChI is InChI=1S/C22H21N7O/c1-13-6-3-4-9-16(13)29-17(27-15-8-5-7-14(2)18(15)22(29)30)10-28-12-26-19-20(23)24-11-25-21(19)28/h3-9,11,26H,10,12H2,1-2H3,(H2,23,24,25). The lowest BCUT2D eigenvalue weighted by molar-refractivity contribution is 0.750. The molecule has 0 atom stereocenters. The first-order valence-corrected chi connectivity index (χ1v) is 9.71. The van der Waals surface area contributed by atoms with E-state index in [4.69, 9.17) is 10.7 Å². The van der Waals surface area contributed by atoms with Gasteiger partial charge in [-0.25, -0.2) is 15.0 Å². The Bertz CT molecular complexity index is 1350. The molecule has 8 nitrogen and oxygen atoms in total.